The Morgan fingerprint density at radius 2 is 1.62 bits per heavy atom. The molecule has 0 bridgehead atoms. The normalized spacial score (nSPS) is 11.5. The summed E-state index contributed by atoms with van der Waals surface area (Å²) in [4.78, 5) is 25.0. The number of rotatable bonds is 7. The quantitative estimate of drug-likeness (QED) is 0.560. The summed E-state index contributed by atoms with van der Waals surface area (Å²) in [5.41, 5.74) is 2.21. The van der Waals surface area contributed by atoms with E-state index in [0.717, 1.165) is 5.56 Å². The maximum atomic E-state index is 13.3. The fourth-order valence-corrected chi connectivity index (χ4v) is 2.84. The van der Waals surface area contributed by atoms with Gasteiger partial charge in [0.15, 0.2) is 0 Å². The number of carbonyl (C=O) groups excluding carboxylic acids is 2. The van der Waals surface area contributed by atoms with Crippen LogP contribution in [0.4, 0.5) is 15.8 Å². The van der Waals surface area contributed by atoms with Crippen LogP contribution in [0.15, 0.2) is 78.9 Å². The Kier molecular flexibility index (Phi) is 6.71. The topological polar surface area (TPSA) is 70.2 Å². The number of amides is 2. The predicted octanol–water partition coefficient (Wildman–Crippen LogP) is 4.37. The summed E-state index contributed by atoms with van der Waals surface area (Å²) in [5, 5.41) is 8.62. The van der Waals surface area contributed by atoms with Crippen LogP contribution < -0.4 is 16.0 Å². The first kappa shape index (κ1) is 20.2. The summed E-state index contributed by atoms with van der Waals surface area (Å²) in [6.07, 6.45) is 0. The molecular formula is C23H22FN3O2. The molecule has 6 heteroatoms. The highest BCUT2D eigenvalue weighted by Crippen LogP contribution is 2.18. The van der Waals surface area contributed by atoms with Crippen molar-refractivity contribution < 1.29 is 14.0 Å². The lowest BCUT2D eigenvalue weighted by atomic mass is 10.1. The number of anilines is 2. The zero-order chi connectivity index (χ0) is 20.6. The van der Waals surface area contributed by atoms with Crippen LogP contribution in [-0.4, -0.2) is 18.4 Å². The fraction of sp³-hybridized carbons (Fsp3) is 0.130. The first-order valence-corrected chi connectivity index (χ1v) is 9.27. The van der Waals surface area contributed by atoms with E-state index in [2.05, 4.69) is 16.0 Å². The van der Waals surface area contributed by atoms with Crippen LogP contribution in [0, 0.1) is 5.82 Å². The second-order valence-corrected chi connectivity index (χ2v) is 6.57. The van der Waals surface area contributed by atoms with E-state index in [0.29, 0.717) is 16.9 Å². The van der Waals surface area contributed by atoms with E-state index in [1.165, 1.54) is 12.1 Å². The minimum Gasteiger partial charge on any atom is -0.324 e. The summed E-state index contributed by atoms with van der Waals surface area (Å²) in [7, 11) is 0. The SMILES string of the molecule is CC(NCC(=O)Nc1ccccc1C(=O)Nc1ccccc1)c1cccc(F)c1. The van der Waals surface area contributed by atoms with Crippen LogP contribution in [-0.2, 0) is 4.79 Å². The van der Waals surface area contributed by atoms with Crippen LogP contribution in [0.5, 0.6) is 0 Å². The van der Waals surface area contributed by atoms with Gasteiger partial charge in [0, 0.05) is 11.7 Å². The van der Waals surface area contributed by atoms with Gasteiger partial charge in [-0.05, 0) is 48.9 Å². The lowest BCUT2D eigenvalue weighted by Gasteiger charge is -2.15. The number of hydrogen-bond acceptors (Lipinski definition) is 3. The molecule has 0 aromatic heterocycles. The summed E-state index contributed by atoms with van der Waals surface area (Å²) < 4.78 is 13.3. The Bertz CT molecular complexity index is 992. The molecule has 148 valence electrons. The average molecular weight is 391 g/mol. The molecule has 3 aromatic rings. The lowest BCUT2D eigenvalue weighted by molar-refractivity contribution is -0.115. The van der Waals surface area contributed by atoms with Gasteiger partial charge in [0.25, 0.3) is 5.91 Å². The van der Waals surface area contributed by atoms with Gasteiger partial charge in [-0.2, -0.15) is 0 Å². The van der Waals surface area contributed by atoms with Crippen molar-refractivity contribution in [3.05, 3.63) is 95.8 Å². The Balaban J connectivity index is 1.61. The van der Waals surface area contributed by atoms with Gasteiger partial charge in [0.2, 0.25) is 5.91 Å². The fourth-order valence-electron chi connectivity index (χ4n) is 2.84. The third kappa shape index (κ3) is 5.73. The first-order valence-electron chi connectivity index (χ1n) is 9.27. The lowest BCUT2D eigenvalue weighted by Crippen LogP contribution is -2.30. The van der Waals surface area contributed by atoms with Crippen LogP contribution in [0.3, 0.4) is 0 Å². The van der Waals surface area contributed by atoms with Gasteiger partial charge in [-0.15, -0.1) is 0 Å². The van der Waals surface area contributed by atoms with Crippen LogP contribution >= 0.6 is 0 Å². The average Bonchev–Trinajstić information content (AvgIpc) is 2.73. The van der Waals surface area contributed by atoms with Crippen LogP contribution in [0.25, 0.3) is 0 Å². The molecule has 0 saturated heterocycles. The second-order valence-electron chi connectivity index (χ2n) is 6.57. The third-order valence-electron chi connectivity index (χ3n) is 4.39. The number of carbonyl (C=O) groups is 2. The number of benzene rings is 3. The molecule has 0 aliphatic carbocycles. The van der Waals surface area contributed by atoms with Gasteiger partial charge in [-0.1, -0.05) is 42.5 Å². The monoisotopic (exact) mass is 391 g/mol. The molecule has 1 unspecified atom stereocenters. The maximum Gasteiger partial charge on any atom is 0.257 e. The van der Waals surface area contributed by atoms with Gasteiger partial charge in [-0.25, -0.2) is 4.39 Å². The van der Waals surface area contributed by atoms with Gasteiger partial charge >= 0.3 is 0 Å². The molecule has 0 heterocycles. The standard InChI is InChI=1S/C23H22FN3O2/c1-16(17-8-7-9-18(24)14-17)25-15-22(28)27-21-13-6-5-12-20(21)23(29)26-19-10-3-2-4-11-19/h2-14,16,25H,15H2,1H3,(H,26,29)(H,27,28). The van der Waals surface area contributed by atoms with E-state index in [9.17, 15) is 14.0 Å². The van der Waals surface area contributed by atoms with Crippen molar-refractivity contribution in [2.75, 3.05) is 17.2 Å². The van der Waals surface area contributed by atoms with Crippen molar-refractivity contribution in [2.24, 2.45) is 0 Å². The van der Waals surface area contributed by atoms with Crippen LogP contribution in [0.1, 0.15) is 28.9 Å². The van der Waals surface area contributed by atoms with E-state index in [1.807, 2.05) is 25.1 Å². The largest absolute Gasteiger partial charge is 0.324 e. The minimum atomic E-state index is -0.320. The predicted molar refractivity (Wildman–Crippen MR) is 112 cm³/mol. The number of halogens is 1. The Labute approximate surface area is 169 Å². The molecule has 0 radical (unpaired) electrons. The van der Waals surface area contributed by atoms with Crippen molar-refractivity contribution in [3.8, 4) is 0 Å². The number of para-hydroxylation sites is 2. The minimum absolute atomic E-state index is 0.0202. The number of hydrogen-bond donors (Lipinski definition) is 3. The summed E-state index contributed by atoms with van der Waals surface area (Å²) >= 11 is 0. The molecule has 3 rings (SSSR count). The molecule has 5 nitrogen and oxygen atoms in total. The summed E-state index contributed by atoms with van der Waals surface area (Å²) in [5.74, 6) is -0.930. The molecule has 2 amide bonds. The maximum absolute atomic E-state index is 13.3. The van der Waals surface area contributed by atoms with E-state index in [1.54, 1.807) is 48.5 Å². The van der Waals surface area contributed by atoms with E-state index in [4.69, 9.17) is 0 Å². The van der Waals surface area contributed by atoms with Gasteiger partial charge in [-0.3, -0.25) is 9.59 Å². The molecule has 0 aliphatic rings. The Morgan fingerprint density at radius 1 is 0.897 bits per heavy atom. The highest BCUT2D eigenvalue weighted by atomic mass is 19.1. The van der Waals surface area contributed by atoms with Crippen molar-refractivity contribution in [3.63, 3.8) is 0 Å². The Hall–Kier alpha value is -3.51. The van der Waals surface area contributed by atoms with Crippen molar-refractivity contribution in [2.45, 2.75) is 13.0 Å². The van der Waals surface area contributed by atoms with Gasteiger partial charge < -0.3 is 16.0 Å². The van der Waals surface area contributed by atoms with Gasteiger partial charge in [0.05, 0.1) is 17.8 Å². The molecular weight excluding hydrogens is 369 g/mol. The summed E-state index contributed by atoms with van der Waals surface area (Å²) in [6, 6.07) is 21.9. The highest BCUT2D eigenvalue weighted by molar-refractivity contribution is 6.10. The van der Waals surface area contributed by atoms with E-state index in [-0.39, 0.29) is 30.2 Å². The Morgan fingerprint density at radius 3 is 2.38 bits per heavy atom. The number of nitrogens with one attached hydrogen (secondary N) is 3. The third-order valence-corrected chi connectivity index (χ3v) is 4.39. The van der Waals surface area contributed by atoms with Crippen molar-refractivity contribution in [1.29, 1.82) is 0 Å². The molecule has 0 aliphatic heterocycles. The van der Waals surface area contributed by atoms with Crippen molar-refractivity contribution >= 4 is 23.2 Å². The first-order chi connectivity index (χ1) is 14.0. The summed E-state index contributed by atoms with van der Waals surface area (Å²) in [6.45, 7) is 1.87. The molecule has 0 spiro atoms. The smallest absolute Gasteiger partial charge is 0.257 e. The molecule has 3 N–H and O–H groups in total. The molecule has 1 atom stereocenters. The molecule has 3 aromatic carbocycles. The molecule has 29 heavy (non-hydrogen) atoms. The van der Waals surface area contributed by atoms with E-state index < -0.39 is 0 Å². The molecule has 0 fully saturated rings. The zero-order valence-electron chi connectivity index (χ0n) is 16.0. The molecule has 0 saturated carbocycles. The van der Waals surface area contributed by atoms with Gasteiger partial charge in [0.1, 0.15) is 5.82 Å². The van der Waals surface area contributed by atoms with Crippen LogP contribution in [0.2, 0.25) is 0 Å². The van der Waals surface area contributed by atoms with E-state index >= 15 is 0 Å². The second kappa shape index (κ2) is 9.61. The van der Waals surface area contributed by atoms with Crippen molar-refractivity contribution in [1.82, 2.24) is 5.32 Å². The zero-order valence-corrected chi connectivity index (χ0v) is 16.0. The highest BCUT2D eigenvalue weighted by Gasteiger charge is 2.14.